The summed E-state index contributed by atoms with van der Waals surface area (Å²) in [5.41, 5.74) is 4.18. The van der Waals surface area contributed by atoms with Crippen LogP contribution in [0.15, 0.2) is 48.5 Å². The highest BCUT2D eigenvalue weighted by Gasteiger charge is 2.22. The van der Waals surface area contributed by atoms with Gasteiger partial charge in [-0.1, -0.05) is 43.2 Å². The first-order valence-corrected chi connectivity index (χ1v) is 9.97. The maximum atomic E-state index is 5.24. The van der Waals surface area contributed by atoms with Gasteiger partial charge in [-0.3, -0.25) is 0 Å². The second-order valence-electron chi connectivity index (χ2n) is 7.51. The van der Waals surface area contributed by atoms with E-state index in [4.69, 9.17) is 14.7 Å². The van der Waals surface area contributed by atoms with Crippen LogP contribution in [0.2, 0.25) is 0 Å². The number of fused-ring (bicyclic) bond motifs is 3. The Hall–Kier alpha value is -3.08. The van der Waals surface area contributed by atoms with Crippen molar-refractivity contribution in [2.45, 2.75) is 38.1 Å². The molecular formula is C23H24N4O. The second kappa shape index (κ2) is 7.15. The number of nitrogens with one attached hydrogen (secondary N) is 2. The van der Waals surface area contributed by atoms with Crippen molar-refractivity contribution < 1.29 is 4.74 Å². The molecule has 0 spiro atoms. The van der Waals surface area contributed by atoms with E-state index in [0.29, 0.717) is 12.5 Å². The van der Waals surface area contributed by atoms with Crippen LogP contribution in [0, 0.1) is 0 Å². The van der Waals surface area contributed by atoms with Gasteiger partial charge in [-0.05, 0) is 36.6 Å². The number of benzene rings is 2. The highest BCUT2D eigenvalue weighted by Crippen LogP contribution is 2.36. The molecule has 5 rings (SSSR count). The largest absolute Gasteiger partial charge is 0.497 e. The quantitative estimate of drug-likeness (QED) is 0.493. The number of methoxy groups -OCH3 is 1. The summed E-state index contributed by atoms with van der Waals surface area (Å²) in [6.45, 7) is 0.697. The molecule has 1 fully saturated rings. The topological polar surface area (TPSA) is 62.8 Å². The zero-order chi connectivity index (χ0) is 18.9. The van der Waals surface area contributed by atoms with Gasteiger partial charge in [0.2, 0.25) is 0 Å². The van der Waals surface area contributed by atoms with Crippen LogP contribution in [-0.4, -0.2) is 22.1 Å². The number of hydrogen-bond donors (Lipinski definition) is 2. The van der Waals surface area contributed by atoms with Gasteiger partial charge in [-0.15, -0.1) is 0 Å². The van der Waals surface area contributed by atoms with Gasteiger partial charge in [-0.25, -0.2) is 9.97 Å². The van der Waals surface area contributed by atoms with E-state index in [1.807, 2.05) is 18.2 Å². The van der Waals surface area contributed by atoms with Crippen molar-refractivity contribution in [1.82, 2.24) is 15.0 Å². The third-order valence-electron chi connectivity index (χ3n) is 5.71. The van der Waals surface area contributed by atoms with Gasteiger partial charge in [0, 0.05) is 17.8 Å². The molecule has 0 saturated heterocycles. The van der Waals surface area contributed by atoms with Crippen molar-refractivity contribution in [3.63, 3.8) is 0 Å². The van der Waals surface area contributed by atoms with Crippen molar-refractivity contribution in [3.8, 4) is 5.75 Å². The van der Waals surface area contributed by atoms with Crippen LogP contribution in [0.5, 0.6) is 5.75 Å². The molecule has 1 saturated carbocycles. The standard InChI is InChI=1S/C23H24N4O/c1-28-17-12-10-15(11-13-17)14-24-23-21-20(18-8-4-5-9-19(18)25-23)26-22(27-21)16-6-2-3-7-16/h4-5,8-13,16H,2-3,6-7,14H2,1H3,(H,24,25)(H,26,27). The number of rotatable bonds is 5. The average Bonchev–Trinajstić information content (AvgIpc) is 3.42. The number of H-pyrrole nitrogens is 1. The molecule has 5 heteroatoms. The summed E-state index contributed by atoms with van der Waals surface area (Å²) in [6, 6.07) is 16.3. The van der Waals surface area contributed by atoms with Gasteiger partial charge in [0.15, 0.2) is 5.82 Å². The number of nitrogens with zero attached hydrogens (tertiary/aromatic N) is 2. The molecule has 4 aromatic rings. The lowest BCUT2D eigenvalue weighted by Crippen LogP contribution is -2.02. The summed E-state index contributed by atoms with van der Waals surface area (Å²) in [4.78, 5) is 13.5. The monoisotopic (exact) mass is 372 g/mol. The lowest BCUT2D eigenvalue weighted by Gasteiger charge is -2.09. The molecule has 2 aromatic heterocycles. The molecule has 2 heterocycles. The summed E-state index contributed by atoms with van der Waals surface area (Å²) in [6.07, 6.45) is 5.03. The van der Waals surface area contributed by atoms with Gasteiger partial charge in [0.25, 0.3) is 0 Å². The highest BCUT2D eigenvalue weighted by atomic mass is 16.5. The Kier molecular flexibility index (Phi) is 4.35. The van der Waals surface area contributed by atoms with Crippen LogP contribution in [0.4, 0.5) is 5.82 Å². The Morgan fingerprint density at radius 3 is 2.61 bits per heavy atom. The summed E-state index contributed by atoms with van der Waals surface area (Å²) in [5, 5.41) is 4.62. The minimum absolute atomic E-state index is 0.542. The number of hydrogen-bond acceptors (Lipinski definition) is 4. The fourth-order valence-corrected chi connectivity index (χ4v) is 4.16. The Morgan fingerprint density at radius 1 is 1.04 bits per heavy atom. The van der Waals surface area contributed by atoms with Crippen molar-refractivity contribution >= 4 is 27.8 Å². The maximum Gasteiger partial charge on any atom is 0.153 e. The van der Waals surface area contributed by atoms with Gasteiger partial charge in [0.1, 0.15) is 22.6 Å². The predicted octanol–water partition coefficient (Wildman–Crippen LogP) is 5.39. The molecule has 142 valence electrons. The van der Waals surface area contributed by atoms with E-state index in [2.05, 4.69) is 40.6 Å². The molecule has 0 bridgehead atoms. The van der Waals surface area contributed by atoms with Crippen LogP contribution >= 0.6 is 0 Å². The van der Waals surface area contributed by atoms with Crippen LogP contribution in [0.1, 0.15) is 43.0 Å². The highest BCUT2D eigenvalue weighted by molar-refractivity contribution is 6.06. The number of para-hydroxylation sites is 1. The average molecular weight is 372 g/mol. The first-order valence-electron chi connectivity index (χ1n) is 9.97. The van der Waals surface area contributed by atoms with Crippen LogP contribution < -0.4 is 10.1 Å². The second-order valence-corrected chi connectivity index (χ2v) is 7.51. The van der Waals surface area contributed by atoms with Crippen molar-refractivity contribution in [1.29, 1.82) is 0 Å². The van der Waals surface area contributed by atoms with Crippen molar-refractivity contribution in [3.05, 3.63) is 59.9 Å². The molecule has 28 heavy (non-hydrogen) atoms. The first kappa shape index (κ1) is 17.0. The van der Waals surface area contributed by atoms with E-state index in [1.54, 1.807) is 7.11 Å². The third kappa shape index (κ3) is 3.07. The fraction of sp³-hybridized carbons (Fsp3) is 0.304. The molecule has 1 aliphatic rings. The SMILES string of the molecule is COc1ccc(CNc2nc3ccccc3c3nc(C4CCCC4)[nH]c23)cc1. The zero-order valence-corrected chi connectivity index (χ0v) is 16.0. The fourth-order valence-electron chi connectivity index (χ4n) is 4.16. The molecule has 0 unspecified atom stereocenters. The Morgan fingerprint density at radius 2 is 1.82 bits per heavy atom. The van der Waals surface area contributed by atoms with E-state index < -0.39 is 0 Å². The van der Waals surface area contributed by atoms with Crippen LogP contribution in [-0.2, 0) is 6.54 Å². The number of pyridine rings is 1. The molecule has 0 atom stereocenters. The molecule has 2 aromatic carbocycles. The molecule has 0 amide bonds. The molecular weight excluding hydrogens is 348 g/mol. The number of aromatic nitrogens is 3. The number of aromatic amines is 1. The minimum atomic E-state index is 0.542. The number of ether oxygens (including phenoxy) is 1. The maximum absolute atomic E-state index is 5.24. The molecule has 2 N–H and O–H groups in total. The van der Waals surface area contributed by atoms with Crippen LogP contribution in [0.25, 0.3) is 21.9 Å². The van der Waals surface area contributed by atoms with E-state index in [0.717, 1.165) is 39.3 Å². The van der Waals surface area contributed by atoms with Gasteiger partial charge in [-0.2, -0.15) is 0 Å². The number of anilines is 1. The molecule has 1 aliphatic carbocycles. The number of imidazole rings is 1. The molecule has 0 aliphatic heterocycles. The van der Waals surface area contributed by atoms with Crippen LogP contribution in [0.3, 0.4) is 0 Å². The molecule has 5 nitrogen and oxygen atoms in total. The van der Waals surface area contributed by atoms with E-state index in [9.17, 15) is 0 Å². The van der Waals surface area contributed by atoms with E-state index >= 15 is 0 Å². The zero-order valence-electron chi connectivity index (χ0n) is 16.0. The minimum Gasteiger partial charge on any atom is -0.497 e. The van der Waals surface area contributed by atoms with Gasteiger partial charge in [0.05, 0.1) is 12.6 Å². The van der Waals surface area contributed by atoms with E-state index in [1.165, 1.54) is 31.2 Å². The van der Waals surface area contributed by atoms with Gasteiger partial charge < -0.3 is 15.0 Å². The predicted molar refractivity (Wildman–Crippen MR) is 113 cm³/mol. The lowest BCUT2D eigenvalue weighted by atomic mass is 10.1. The summed E-state index contributed by atoms with van der Waals surface area (Å²) in [5.74, 6) is 3.38. The molecule has 0 radical (unpaired) electrons. The first-order chi connectivity index (χ1) is 13.8. The third-order valence-corrected chi connectivity index (χ3v) is 5.71. The normalized spacial score (nSPS) is 14.8. The summed E-state index contributed by atoms with van der Waals surface area (Å²) >= 11 is 0. The van der Waals surface area contributed by atoms with Gasteiger partial charge >= 0.3 is 0 Å². The van der Waals surface area contributed by atoms with Crippen molar-refractivity contribution in [2.75, 3.05) is 12.4 Å². The Balaban J connectivity index is 1.53. The lowest BCUT2D eigenvalue weighted by molar-refractivity contribution is 0.414. The summed E-state index contributed by atoms with van der Waals surface area (Å²) in [7, 11) is 1.68. The smallest absolute Gasteiger partial charge is 0.153 e. The van der Waals surface area contributed by atoms with Crippen molar-refractivity contribution in [2.24, 2.45) is 0 Å². The Bertz CT molecular complexity index is 1110. The Labute approximate surface area is 164 Å². The van der Waals surface area contributed by atoms with E-state index in [-0.39, 0.29) is 0 Å². The summed E-state index contributed by atoms with van der Waals surface area (Å²) < 4.78 is 5.24.